The molecule has 3 nitrogen and oxygen atoms in total. The van der Waals surface area contributed by atoms with E-state index in [9.17, 15) is 0 Å². The highest BCUT2D eigenvalue weighted by Crippen LogP contribution is 2.46. The molecule has 13 heavy (non-hydrogen) atoms. The van der Waals surface area contributed by atoms with E-state index in [1.165, 1.54) is 10.6 Å². The average molecular weight is 193 g/mol. The van der Waals surface area contributed by atoms with Crippen molar-refractivity contribution in [2.75, 3.05) is 23.7 Å². The molecule has 1 atom stereocenters. The SMILES string of the molecule is Nc1cccc2c1SC1NCCN21. The van der Waals surface area contributed by atoms with Crippen LogP contribution < -0.4 is 16.0 Å². The van der Waals surface area contributed by atoms with Crippen molar-refractivity contribution in [3.63, 3.8) is 0 Å². The van der Waals surface area contributed by atoms with Gasteiger partial charge in [0, 0.05) is 18.8 Å². The van der Waals surface area contributed by atoms with Crippen molar-refractivity contribution in [3.05, 3.63) is 18.2 Å². The highest BCUT2D eigenvalue weighted by molar-refractivity contribution is 8.00. The monoisotopic (exact) mass is 193 g/mol. The quantitative estimate of drug-likeness (QED) is 0.605. The number of thioether (sulfide) groups is 1. The zero-order valence-corrected chi connectivity index (χ0v) is 7.97. The molecule has 1 fully saturated rings. The van der Waals surface area contributed by atoms with E-state index >= 15 is 0 Å². The second kappa shape index (κ2) is 2.56. The van der Waals surface area contributed by atoms with Gasteiger partial charge in [-0.25, -0.2) is 0 Å². The molecular formula is C9H11N3S. The van der Waals surface area contributed by atoms with E-state index in [0.717, 1.165) is 18.8 Å². The minimum Gasteiger partial charge on any atom is -0.398 e. The van der Waals surface area contributed by atoms with Crippen LogP contribution in [0.5, 0.6) is 0 Å². The maximum absolute atomic E-state index is 5.90. The van der Waals surface area contributed by atoms with Crippen molar-refractivity contribution in [1.29, 1.82) is 0 Å². The molecule has 2 aliphatic heterocycles. The van der Waals surface area contributed by atoms with Crippen molar-refractivity contribution >= 4 is 23.1 Å². The zero-order chi connectivity index (χ0) is 8.84. The van der Waals surface area contributed by atoms with Crippen molar-refractivity contribution < 1.29 is 0 Å². The Hall–Kier alpha value is -0.870. The van der Waals surface area contributed by atoms with Gasteiger partial charge >= 0.3 is 0 Å². The number of nitrogen functional groups attached to an aromatic ring is 1. The van der Waals surface area contributed by atoms with Gasteiger partial charge in [-0.05, 0) is 12.1 Å². The Labute approximate surface area is 81.3 Å². The molecule has 1 aromatic carbocycles. The number of nitrogens with two attached hydrogens (primary N) is 1. The van der Waals surface area contributed by atoms with Gasteiger partial charge < -0.3 is 10.6 Å². The van der Waals surface area contributed by atoms with Crippen molar-refractivity contribution in [1.82, 2.24) is 5.32 Å². The first-order valence-electron chi connectivity index (χ1n) is 4.41. The topological polar surface area (TPSA) is 41.3 Å². The third-order valence-electron chi connectivity index (χ3n) is 2.52. The van der Waals surface area contributed by atoms with E-state index in [4.69, 9.17) is 5.73 Å². The molecule has 2 aliphatic rings. The van der Waals surface area contributed by atoms with E-state index in [0.29, 0.717) is 5.50 Å². The second-order valence-corrected chi connectivity index (χ2v) is 4.40. The van der Waals surface area contributed by atoms with Gasteiger partial charge in [0.2, 0.25) is 0 Å². The third-order valence-corrected chi connectivity index (χ3v) is 3.84. The van der Waals surface area contributed by atoms with Crippen molar-refractivity contribution in [3.8, 4) is 0 Å². The lowest BCUT2D eigenvalue weighted by Gasteiger charge is -2.15. The Morgan fingerprint density at radius 2 is 2.46 bits per heavy atom. The predicted octanol–water partition coefficient (Wildman–Crippen LogP) is 1.07. The fourth-order valence-electron chi connectivity index (χ4n) is 1.90. The summed E-state index contributed by atoms with van der Waals surface area (Å²) >= 11 is 1.82. The molecule has 1 aromatic rings. The lowest BCUT2D eigenvalue weighted by atomic mass is 10.2. The van der Waals surface area contributed by atoms with E-state index in [1.54, 1.807) is 0 Å². The summed E-state index contributed by atoms with van der Waals surface area (Å²) in [6, 6.07) is 6.13. The van der Waals surface area contributed by atoms with Gasteiger partial charge in [0.1, 0.15) is 5.50 Å². The van der Waals surface area contributed by atoms with Crippen LogP contribution in [0, 0.1) is 0 Å². The molecule has 0 bridgehead atoms. The van der Waals surface area contributed by atoms with Gasteiger partial charge in [-0.1, -0.05) is 17.8 Å². The van der Waals surface area contributed by atoms with E-state index in [1.807, 2.05) is 23.9 Å². The lowest BCUT2D eigenvalue weighted by Crippen LogP contribution is -2.28. The number of hydrogen-bond acceptors (Lipinski definition) is 4. The van der Waals surface area contributed by atoms with Crippen molar-refractivity contribution in [2.45, 2.75) is 10.4 Å². The molecule has 4 heteroatoms. The van der Waals surface area contributed by atoms with Gasteiger partial charge in [-0.2, -0.15) is 0 Å². The first kappa shape index (κ1) is 7.53. The summed E-state index contributed by atoms with van der Waals surface area (Å²) in [6.07, 6.45) is 0. The number of benzene rings is 1. The largest absolute Gasteiger partial charge is 0.398 e. The van der Waals surface area contributed by atoms with E-state index < -0.39 is 0 Å². The summed E-state index contributed by atoms with van der Waals surface area (Å²) in [5.41, 5.74) is 8.51. The Morgan fingerprint density at radius 3 is 3.38 bits per heavy atom. The summed E-state index contributed by atoms with van der Waals surface area (Å²) in [5.74, 6) is 0. The number of nitrogens with one attached hydrogen (secondary N) is 1. The number of fused-ring (bicyclic) bond motifs is 3. The molecule has 1 saturated heterocycles. The van der Waals surface area contributed by atoms with Crippen LogP contribution in [0.4, 0.5) is 11.4 Å². The minimum absolute atomic E-state index is 0.416. The Bertz CT molecular complexity index is 353. The number of nitrogens with zero attached hydrogens (tertiary/aromatic N) is 1. The van der Waals surface area contributed by atoms with Crippen LogP contribution in [0.1, 0.15) is 0 Å². The minimum atomic E-state index is 0.416. The molecule has 2 heterocycles. The molecule has 0 amide bonds. The normalized spacial score (nSPS) is 24.6. The maximum atomic E-state index is 5.90. The summed E-state index contributed by atoms with van der Waals surface area (Å²) < 4.78 is 0. The molecular weight excluding hydrogens is 182 g/mol. The Morgan fingerprint density at radius 1 is 1.54 bits per heavy atom. The molecule has 68 valence electrons. The zero-order valence-electron chi connectivity index (χ0n) is 7.16. The standard InChI is InChI=1S/C9H11N3S/c10-6-2-1-3-7-8(6)13-9-11-4-5-12(7)9/h1-3,9,11H,4-5,10H2. The third kappa shape index (κ3) is 0.957. The highest BCUT2D eigenvalue weighted by atomic mass is 32.2. The van der Waals surface area contributed by atoms with Gasteiger partial charge in [0.05, 0.1) is 10.6 Å². The van der Waals surface area contributed by atoms with E-state index in [-0.39, 0.29) is 0 Å². The highest BCUT2D eigenvalue weighted by Gasteiger charge is 2.34. The van der Waals surface area contributed by atoms with Crippen LogP contribution >= 0.6 is 11.8 Å². The summed E-state index contributed by atoms with van der Waals surface area (Å²) in [5, 5.41) is 3.43. The van der Waals surface area contributed by atoms with Gasteiger partial charge in [-0.3, -0.25) is 5.32 Å². The molecule has 3 rings (SSSR count). The summed E-state index contributed by atoms with van der Waals surface area (Å²) in [4.78, 5) is 3.61. The molecule has 0 aromatic heterocycles. The fraction of sp³-hybridized carbons (Fsp3) is 0.333. The predicted molar refractivity (Wildman–Crippen MR) is 55.8 cm³/mol. The smallest absolute Gasteiger partial charge is 0.133 e. The number of anilines is 2. The molecule has 0 spiro atoms. The average Bonchev–Trinajstić information content (AvgIpc) is 2.65. The van der Waals surface area contributed by atoms with Gasteiger partial charge in [0.15, 0.2) is 0 Å². The van der Waals surface area contributed by atoms with Crippen molar-refractivity contribution in [2.24, 2.45) is 0 Å². The van der Waals surface area contributed by atoms with Crippen LogP contribution in [0.25, 0.3) is 0 Å². The Kier molecular flexibility index (Phi) is 1.48. The summed E-state index contributed by atoms with van der Waals surface area (Å²) in [7, 11) is 0. The first-order valence-corrected chi connectivity index (χ1v) is 5.29. The van der Waals surface area contributed by atoms with Crippen LogP contribution in [-0.4, -0.2) is 18.6 Å². The fourth-order valence-corrected chi connectivity index (χ4v) is 3.18. The Balaban J connectivity index is 2.12. The van der Waals surface area contributed by atoms with Crippen LogP contribution in [0.2, 0.25) is 0 Å². The summed E-state index contributed by atoms with van der Waals surface area (Å²) in [6.45, 7) is 2.17. The number of rotatable bonds is 0. The first-order chi connectivity index (χ1) is 6.36. The van der Waals surface area contributed by atoms with Crippen LogP contribution in [-0.2, 0) is 0 Å². The van der Waals surface area contributed by atoms with E-state index in [2.05, 4.69) is 16.3 Å². The molecule has 0 saturated carbocycles. The molecule has 1 unspecified atom stereocenters. The molecule has 0 radical (unpaired) electrons. The molecule has 0 aliphatic carbocycles. The molecule has 3 N–H and O–H groups in total. The van der Waals surface area contributed by atoms with Gasteiger partial charge in [-0.15, -0.1) is 0 Å². The second-order valence-electron chi connectivity index (χ2n) is 3.31. The van der Waals surface area contributed by atoms with Crippen LogP contribution in [0.3, 0.4) is 0 Å². The van der Waals surface area contributed by atoms with Gasteiger partial charge in [0.25, 0.3) is 0 Å². The maximum Gasteiger partial charge on any atom is 0.133 e. The van der Waals surface area contributed by atoms with Crippen LogP contribution in [0.15, 0.2) is 23.1 Å². The number of hydrogen-bond donors (Lipinski definition) is 2. The lowest BCUT2D eigenvalue weighted by molar-refractivity contribution is 0.809.